The molecule has 7 heteroatoms. The van der Waals surface area contributed by atoms with E-state index in [9.17, 15) is 18.8 Å². The van der Waals surface area contributed by atoms with Crippen molar-refractivity contribution in [3.63, 3.8) is 0 Å². The first-order valence-corrected chi connectivity index (χ1v) is 7.27. The van der Waals surface area contributed by atoms with Gasteiger partial charge in [0.05, 0.1) is 13.1 Å². The Morgan fingerprint density at radius 3 is 2.54 bits per heavy atom. The second-order valence-corrected chi connectivity index (χ2v) is 5.30. The number of benzene rings is 2. The molecule has 1 heterocycles. The lowest BCUT2D eigenvalue weighted by Gasteiger charge is -2.13. The third kappa shape index (κ3) is 3.40. The maximum Gasteiger partial charge on any atom is 0.324 e. The Bertz CT molecular complexity index is 789. The standard InChI is InChI=1S/C17H14FN3O3/c18-13-3-1-2-12(8-13)16(23)20-14-6-4-11(5-7-14)10-21-15(22)9-19-17(21)24/h1-8H,9-10H2,(H,19,24)(H,20,23). The van der Waals surface area contributed by atoms with Gasteiger partial charge in [-0.15, -0.1) is 0 Å². The van der Waals surface area contributed by atoms with Crippen molar-refractivity contribution in [2.75, 3.05) is 11.9 Å². The Balaban J connectivity index is 1.65. The number of rotatable bonds is 4. The van der Waals surface area contributed by atoms with Crippen molar-refractivity contribution in [3.8, 4) is 0 Å². The van der Waals surface area contributed by atoms with Crippen LogP contribution in [0.25, 0.3) is 0 Å². The Morgan fingerprint density at radius 1 is 1.17 bits per heavy atom. The van der Waals surface area contributed by atoms with E-state index in [2.05, 4.69) is 10.6 Å². The van der Waals surface area contributed by atoms with Gasteiger partial charge in [0, 0.05) is 11.3 Å². The number of anilines is 1. The van der Waals surface area contributed by atoms with Crippen LogP contribution in [0.4, 0.5) is 14.9 Å². The Labute approximate surface area is 137 Å². The van der Waals surface area contributed by atoms with Crippen molar-refractivity contribution in [1.29, 1.82) is 0 Å². The molecule has 1 saturated heterocycles. The minimum atomic E-state index is -0.480. The molecule has 0 radical (unpaired) electrons. The highest BCUT2D eigenvalue weighted by Gasteiger charge is 2.28. The summed E-state index contributed by atoms with van der Waals surface area (Å²) in [5.74, 6) is -1.17. The molecule has 0 unspecified atom stereocenters. The van der Waals surface area contributed by atoms with Crippen LogP contribution in [0.1, 0.15) is 15.9 Å². The van der Waals surface area contributed by atoms with Crippen LogP contribution in [0.3, 0.4) is 0 Å². The largest absolute Gasteiger partial charge is 0.329 e. The number of nitrogens with one attached hydrogen (secondary N) is 2. The lowest BCUT2D eigenvalue weighted by Crippen LogP contribution is -2.30. The predicted molar refractivity (Wildman–Crippen MR) is 84.7 cm³/mol. The number of carbonyl (C=O) groups excluding carboxylic acids is 3. The number of amides is 4. The molecule has 0 aliphatic carbocycles. The van der Waals surface area contributed by atoms with Gasteiger partial charge in [0.25, 0.3) is 5.91 Å². The first-order chi connectivity index (χ1) is 11.5. The summed E-state index contributed by atoms with van der Waals surface area (Å²) in [5, 5.41) is 5.11. The fraction of sp³-hybridized carbons (Fsp3) is 0.118. The first kappa shape index (κ1) is 15.7. The number of halogens is 1. The topological polar surface area (TPSA) is 78.5 Å². The van der Waals surface area contributed by atoms with E-state index in [1.165, 1.54) is 18.2 Å². The van der Waals surface area contributed by atoms with Crippen molar-refractivity contribution in [1.82, 2.24) is 10.2 Å². The fourth-order valence-electron chi connectivity index (χ4n) is 2.32. The van der Waals surface area contributed by atoms with Crippen molar-refractivity contribution in [2.45, 2.75) is 6.54 Å². The Hall–Kier alpha value is -3.22. The summed E-state index contributed by atoms with van der Waals surface area (Å²) in [6, 6.07) is 11.7. The normalized spacial score (nSPS) is 13.8. The van der Waals surface area contributed by atoms with Crippen LogP contribution < -0.4 is 10.6 Å². The lowest BCUT2D eigenvalue weighted by molar-refractivity contribution is -0.125. The van der Waals surface area contributed by atoms with E-state index in [1.54, 1.807) is 24.3 Å². The molecule has 1 aliphatic heterocycles. The van der Waals surface area contributed by atoms with Crippen molar-refractivity contribution >= 4 is 23.5 Å². The SMILES string of the molecule is O=C(Nc1ccc(CN2C(=O)CNC2=O)cc1)c1cccc(F)c1. The van der Waals surface area contributed by atoms with Gasteiger partial charge in [0.1, 0.15) is 5.82 Å². The van der Waals surface area contributed by atoms with Crippen molar-refractivity contribution in [2.24, 2.45) is 0 Å². The number of nitrogens with zero attached hydrogens (tertiary/aromatic N) is 1. The van der Waals surface area contributed by atoms with Gasteiger partial charge < -0.3 is 10.6 Å². The molecule has 1 aliphatic rings. The van der Waals surface area contributed by atoms with E-state index in [1.807, 2.05) is 0 Å². The van der Waals surface area contributed by atoms with Crippen LogP contribution in [0.2, 0.25) is 0 Å². The zero-order valence-electron chi connectivity index (χ0n) is 12.6. The first-order valence-electron chi connectivity index (χ1n) is 7.27. The molecular formula is C17H14FN3O3. The minimum Gasteiger partial charge on any atom is -0.329 e. The maximum absolute atomic E-state index is 13.1. The van der Waals surface area contributed by atoms with Crippen LogP contribution in [-0.2, 0) is 11.3 Å². The molecule has 4 amide bonds. The summed E-state index contributed by atoms with van der Waals surface area (Å²) in [6.45, 7) is 0.184. The van der Waals surface area contributed by atoms with Gasteiger partial charge in [-0.05, 0) is 35.9 Å². The van der Waals surface area contributed by atoms with Crippen LogP contribution in [0.15, 0.2) is 48.5 Å². The molecule has 2 aromatic carbocycles. The predicted octanol–water partition coefficient (Wildman–Crippen LogP) is 2.13. The quantitative estimate of drug-likeness (QED) is 0.845. The lowest BCUT2D eigenvalue weighted by atomic mass is 10.1. The molecule has 3 rings (SSSR count). The highest BCUT2D eigenvalue weighted by Crippen LogP contribution is 2.14. The molecular weight excluding hydrogens is 313 g/mol. The summed E-state index contributed by atoms with van der Waals surface area (Å²) in [4.78, 5) is 36.2. The minimum absolute atomic E-state index is 0.0145. The molecule has 122 valence electrons. The summed E-state index contributed by atoms with van der Waals surface area (Å²) in [7, 11) is 0. The molecule has 2 N–H and O–H groups in total. The molecule has 0 atom stereocenters. The summed E-state index contributed by atoms with van der Waals surface area (Å²) >= 11 is 0. The molecule has 0 bridgehead atoms. The third-order valence-electron chi connectivity index (χ3n) is 3.58. The summed E-state index contributed by atoms with van der Waals surface area (Å²) < 4.78 is 13.1. The molecule has 24 heavy (non-hydrogen) atoms. The average molecular weight is 327 g/mol. The average Bonchev–Trinajstić information content (AvgIpc) is 2.88. The van der Waals surface area contributed by atoms with Crippen LogP contribution >= 0.6 is 0 Å². The molecule has 0 aromatic heterocycles. The molecule has 6 nitrogen and oxygen atoms in total. The van der Waals surface area contributed by atoms with Gasteiger partial charge in [0.2, 0.25) is 5.91 Å². The maximum atomic E-state index is 13.1. The number of hydrogen-bond donors (Lipinski definition) is 2. The Morgan fingerprint density at radius 2 is 1.92 bits per heavy atom. The second kappa shape index (κ2) is 6.49. The van der Waals surface area contributed by atoms with E-state index in [0.29, 0.717) is 5.69 Å². The Kier molecular flexibility index (Phi) is 4.24. The van der Waals surface area contributed by atoms with Crippen LogP contribution in [0, 0.1) is 5.82 Å². The van der Waals surface area contributed by atoms with Gasteiger partial charge in [-0.1, -0.05) is 18.2 Å². The van der Waals surface area contributed by atoms with E-state index >= 15 is 0 Å². The molecule has 0 saturated carbocycles. The molecule has 0 spiro atoms. The van der Waals surface area contributed by atoms with E-state index in [4.69, 9.17) is 0 Å². The molecule has 2 aromatic rings. The van der Waals surface area contributed by atoms with Gasteiger partial charge in [-0.2, -0.15) is 0 Å². The summed E-state index contributed by atoms with van der Waals surface area (Å²) in [5.41, 5.74) is 1.51. The molecule has 1 fully saturated rings. The fourth-order valence-corrected chi connectivity index (χ4v) is 2.32. The van der Waals surface area contributed by atoms with Gasteiger partial charge in [0.15, 0.2) is 0 Å². The van der Waals surface area contributed by atoms with Gasteiger partial charge >= 0.3 is 6.03 Å². The smallest absolute Gasteiger partial charge is 0.324 e. The number of imide groups is 1. The van der Waals surface area contributed by atoms with Gasteiger partial charge in [-0.25, -0.2) is 9.18 Å². The summed E-state index contributed by atoms with van der Waals surface area (Å²) in [6.07, 6.45) is 0. The van der Waals surface area contributed by atoms with Gasteiger partial charge in [-0.3, -0.25) is 14.5 Å². The van der Waals surface area contributed by atoms with E-state index in [-0.39, 0.29) is 24.6 Å². The highest BCUT2D eigenvalue weighted by molar-refractivity contribution is 6.04. The monoisotopic (exact) mass is 327 g/mol. The second-order valence-electron chi connectivity index (χ2n) is 5.30. The zero-order chi connectivity index (χ0) is 17.1. The van der Waals surface area contributed by atoms with Crippen LogP contribution in [0.5, 0.6) is 0 Å². The van der Waals surface area contributed by atoms with Crippen molar-refractivity contribution < 1.29 is 18.8 Å². The van der Waals surface area contributed by atoms with Crippen LogP contribution in [-0.4, -0.2) is 29.3 Å². The number of urea groups is 1. The third-order valence-corrected chi connectivity index (χ3v) is 3.58. The zero-order valence-corrected chi connectivity index (χ0v) is 12.6. The number of hydrogen-bond acceptors (Lipinski definition) is 3. The van der Waals surface area contributed by atoms with Crippen molar-refractivity contribution in [3.05, 3.63) is 65.5 Å². The van der Waals surface area contributed by atoms with E-state index in [0.717, 1.165) is 16.5 Å². The van der Waals surface area contributed by atoms with E-state index < -0.39 is 17.8 Å². The highest BCUT2D eigenvalue weighted by atomic mass is 19.1. The number of carbonyl (C=O) groups is 3.